The zero-order valence-electron chi connectivity index (χ0n) is 12.2. The van der Waals surface area contributed by atoms with E-state index in [1.165, 1.54) is 7.11 Å². The minimum Gasteiger partial charge on any atom is -0.465 e. The normalized spacial score (nSPS) is 10.8. The van der Waals surface area contributed by atoms with Crippen molar-refractivity contribution in [1.29, 1.82) is 0 Å². The van der Waals surface area contributed by atoms with Gasteiger partial charge in [-0.2, -0.15) is 0 Å². The maximum Gasteiger partial charge on any atom is 0.340 e. The van der Waals surface area contributed by atoms with Crippen LogP contribution in [0.1, 0.15) is 21.5 Å². The van der Waals surface area contributed by atoms with Crippen molar-refractivity contribution in [2.24, 2.45) is 0 Å². The Bertz CT molecular complexity index is 814. The van der Waals surface area contributed by atoms with Gasteiger partial charge in [-0.15, -0.1) is 0 Å². The number of aromatic nitrogens is 2. The van der Waals surface area contributed by atoms with Gasteiger partial charge in [0.2, 0.25) is 0 Å². The van der Waals surface area contributed by atoms with Gasteiger partial charge in [-0.05, 0) is 37.1 Å². The molecule has 0 saturated carbocycles. The molecule has 0 radical (unpaired) electrons. The summed E-state index contributed by atoms with van der Waals surface area (Å²) in [6, 6.07) is 11.6. The Balaban J connectivity index is 2.25. The van der Waals surface area contributed by atoms with Gasteiger partial charge < -0.3 is 9.72 Å². The van der Waals surface area contributed by atoms with Crippen LogP contribution in [0.25, 0.3) is 22.4 Å². The predicted molar refractivity (Wildman–Crippen MR) is 82.3 cm³/mol. The summed E-state index contributed by atoms with van der Waals surface area (Å²) in [4.78, 5) is 19.7. The van der Waals surface area contributed by atoms with E-state index in [1.54, 1.807) is 6.07 Å². The topological polar surface area (TPSA) is 55.0 Å². The molecule has 21 heavy (non-hydrogen) atoms. The number of carbonyl (C=O) groups excluding carboxylic acids is 1. The highest BCUT2D eigenvalue weighted by Gasteiger charge is 2.16. The van der Waals surface area contributed by atoms with Gasteiger partial charge in [0.15, 0.2) is 0 Å². The Morgan fingerprint density at radius 2 is 1.76 bits per heavy atom. The molecule has 0 aliphatic heterocycles. The molecule has 0 saturated heterocycles. The second-order valence-electron chi connectivity index (χ2n) is 5.05. The van der Waals surface area contributed by atoms with E-state index in [9.17, 15) is 4.79 Å². The summed E-state index contributed by atoms with van der Waals surface area (Å²) in [6.07, 6.45) is 0. The van der Waals surface area contributed by atoms with Crippen LogP contribution in [0.5, 0.6) is 0 Å². The van der Waals surface area contributed by atoms with Crippen molar-refractivity contribution in [1.82, 2.24) is 9.97 Å². The molecule has 2 aromatic carbocycles. The molecular formula is C17H16N2O2. The maximum atomic E-state index is 11.8. The minimum atomic E-state index is -0.375. The molecule has 0 aliphatic carbocycles. The van der Waals surface area contributed by atoms with Crippen molar-refractivity contribution in [3.63, 3.8) is 0 Å². The summed E-state index contributed by atoms with van der Waals surface area (Å²) in [7, 11) is 1.38. The number of benzene rings is 2. The van der Waals surface area contributed by atoms with Crippen LogP contribution in [0.15, 0.2) is 36.4 Å². The average Bonchev–Trinajstić information content (AvgIpc) is 2.89. The molecule has 0 spiro atoms. The highest BCUT2D eigenvalue weighted by atomic mass is 16.5. The van der Waals surface area contributed by atoms with E-state index in [1.807, 2.05) is 18.2 Å². The Kier molecular flexibility index (Phi) is 3.22. The minimum absolute atomic E-state index is 0.375. The third-order valence-electron chi connectivity index (χ3n) is 3.64. The molecule has 3 aromatic rings. The number of esters is 1. The third kappa shape index (κ3) is 2.18. The Morgan fingerprint density at radius 3 is 2.43 bits per heavy atom. The van der Waals surface area contributed by atoms with Gasteiger partial charge in [0.05, 0.1) is 18.2 Å². The molecule has 4 heteroatoms. The number of hydrogen-bond donors (Lipinski definition) is 1. The number of hydrogen-bond acceptors (Lipinski definition) is 3. The van der Waals surface area contributed by atoms with Crippen LogP contribution in [-0.4, -0.2) is 23.0 Å². The predicted octanol–water partition coefficient (Wildman–Crippen LogP) is 3.63. The lowest BCUT2D eigenvalue weighted by atomic mass is 10.0. The van der Waals surface area contributed by atoms with E-state index < -0.39 is 0 Å². The number of aryl methyl sites for hydroxylation is 2. The number of methoxy groups -OCH3 is 1. The van der Waals surface area contributed by atoms with E-state index in [0.717, 1.165) is 28.0 Å². The first-order valence-corrected chi connectivity index (χ1v) is 6.75. The highest BCUT2D eigenvalue weighted by molar-refractivity contribution is 6.02. The van der Waals surface area contributed by atoms with Crippen LogP contribution >= 0.6 is 0 Å². The zero-order valence-corrected chi connectivity index (χ0v) is 12.2. The van der Waals surface area contributed by atoms with E-state index in [0.29, 0.717) is 11.1 Å². The van der Waals surface area contributed by atoms with Crippen molar-refractivity contribution in [3.8, 4) is 11.4 Å². The van der Waals surface area contributed by atoms with Gasteiger partial charge in [-0.1, -0.05) is 24.3 Å². The molecule has 1 aromatic heterocycles. The molecule has 0 unspecified atom stereocenters. The number of nitrogens with zero attached hydrogens (tertiary/aromatic N) is 1. The molecule has 0 bridgehead atoms. The molecule has 0 amide bonds. The highest BCUT2D eigenvalue weighted by Crippen LogP contribution is 2.28. The number of imidazole rings is 1. The average molecular weight is 280 g/mol. The summed E-state index contributed by atoms with van der Waals surface area (Å²) < 4.78 is 4.81. The fourth-order valence-electron chi connectivity index (χ4n) is 2.61. The molecule has 0 fully saturated rings. The van der Waals surface area contributed by atoms with Crippen molar-refractivity contribution in [3.05, 3.63) is 53.1 Å². The molecule has 0 atom stereocenters. The number of para-hydroxylation sites is 1. The number of fused-ring (bicyclic) bond motifs is 1. The van der Waals surface area contributed by atoms with E-state index in [4.69, 9.17) is 4.74 Å². The first-order chi connectivity index (χ1) is 10.1. The van der Waals surface area contributed by atoms with Crippen molar-refractivity contribution in [2.75, 3.05) is 7.11 Å². The van der Waals surface area contributed by atoms with E-state index >= 15 is 0 Å². The van der Waals surface area contributed by atoms with E-state index in [2.05, 4.69) is 35.9 Å². The van der Waals surface area contributed by atoms with Gasteiger partial charge in [0, 0.05) is 5.56 Å². The summed E-state index contributed by atoms with van der Waals surface area (Å²) in [5.41, 5.74) is 5.31. The lowest BCUT2D eigenvalue weighted by Crippen LogP contribution is -2.01. The van der Waals surface area contributed by atoms with Gasteiger partial charge in [0.25, 0.3) is 0 Å². The number of carbonyl (C=O) groups is 1. The fourth-order valence-corrected chi connectivity index (χ4v) is 2.61. The molecule has 4 nitrogen and oxygen atoms in total. The quantitative estimate of drug-likeness (QED) is 0.729. The maximum absolute atomic E-state index is 11.8. The summed E-state index contributed by atoms with van der Waals surface area (Å²) in [5, 5.41) is 0. The van der Waals surface area contributed by atoms with Crippen LogP contribution in [0.3, 0.4) is 0 Å². The molecule has 3 rings (SSSR count). The first kappa shape index (κ1) is 13.4. The summed E-state index contributed by atoms with van der Waals surface area (Å²) >= 11 is 0. The summed E-state index contributed by atoms with van der Waals surface area (Å²) in [5.74, 6) is 0.400. The molecule has 1 N–H and O–H groups in total. The number of rotatable bonds is 2. The van der Waals surface area contributed by atoms with Crippen molar-refractivity contribution >= 4 is 17.0 Å². The zero-order chi connectivity index (χ0) is 15.0. The van der Waals surface area contributed by atoms with Crippen LogP contribution in [-0.2, 0) is 4.74 Å². The van der Waals surface area contributed by atoms with Crippen LogP contribution in [0.4, 0.5) is 0 Å². The standard InChI is InChI=1S/C17H16N2O2/c1-10-6-4-7-11(2)14(10)16-18-13-9-5-8-12(15(13)19-16)17(20)21-3/h4-9H,1-3H3,(H,18,19). The third-order valence-corrected chi connectivity index (χ3v) is 3.64. The van der Waals surface area contributed by atoms with Crippen molar-refractivity contribution in [2.45, 2.75) is 13.8 Å². The smallest absolute Gasteiger partial charge is 0.340 e. The lowest BCUT2D eigenvalue weighted by Gasteiger charge is -2.05. The second kappa shape index (κ2) is 5.05. The number of H-pyrrole nitrogens is 1. The van der Waals surface area contributed by atoms with Gasteiger partial charge >= 0.3 is 5.97 Å². The monoisotopic (exact) mass is 280 g/mol. The van der Waals surface area contributed by atoms with Crippen LogP contribution in [0.2, 0.25) is 0 Å². The Morgan fingerprint density at radius 1 is 1.10 bits per heavy atom. The molecular weight excluding hydrogens is 264 g/mol. The number of nitrogens with one attached hydrogen (secondary N) is 1. The number of ether oxygens (including phenoxy) is 1. The largest absolute Gasteiger partial charge is 0.465 e. The van der Waals surface area contributed by atoms with E-state index in [-0.39, 0.29) is 5.97 Å². The van der Waals surface area contributed by atoms with Gasteiger partial charge in [-0.25, -0.2) is 9.78 Å². The Labute approximate surface area is 122 Å². The van der Waals surface area contributed by atoms with Gasteiger partial charge in [0.1, 0.15) is 11.3 Å². The second-order valence-corrected chi connectivity index (χ2v) is 5.05. The molecule has 106 valence electrons. The SMILES string of the molecule is COC(=O)c1cccc2[nH]c(-c3c(C)cccc3C)nc12. The van der Waals surface area contributed by atoms with Crippen LogP contribution < -0.4 is 0 Å². The lowest BCUT2D eigenvalue weighted by molar-refractivity contribution is 0.0603. The summed E-state index contributed by atoms with van der Waals surface area (Å²) in [6.45, 7) is 4.10. The molecule has 1 heterocycles. The number of aromatic amines is 1. The first-order valence-electron chi connectivity index (χ1n) is 6.75. The van der Waals surface area contributed by atoms with Crippen molar-refractivity contribution < 1.29 is 9.53 Å². The molecule has 0 aliphatic rings. The fraction of sp³-hybridized carbons (Fsp3) is 0.176. The van der Waals surface area contributed by atoms with Gasteiger partial charge in [-0.3, -0.25) is 0 Å². The van der Waals surface area contributed by atoms with Crippen LogP contribution in [0, 0.1) is 13.8 Å². The Hall–Kier alpha value is -2.62.